The summed E-state index contributed by atoms with van der Waals surface area (Å²) in [6.45, 7) is 7.21. The number of hydrogen-bond acceptors (Lipinski definition) is 10. The van der Waals surface area contributed by atoms with E-state index < -0.39 is 0 Å². The van der Waals surface area contributed by atoms with Gasteiger partial charge in [0.15, 0.2) is 0 Å². The fraction of sp³-hybridized carbons (Fsp3) is 0.375. The highest BCUT2D eigenvalue weighted by Crippen LogP contribution is 2.40. The SMILES string of the molecule is CC1CNc2c(sc3ccc4nc(Oc5nc(Cl)ncc5CN5CCN(C)CC5)cnc4c23)C(=O)N1. The maximum atomic E-state index is 12.7. The third-order valence-electron chi connectivity index (χ3n) is 6.50. The lowest BCUT2D eigenvalue weighted by Gasteiger charge is -2.32. The monoisotopic (exact) mass is 524 g/mol. The summed E-state index contributed by atoms with van der Waals surface area (Å²) in [7, 11) is 2.13. The maximum absolute atomic E-state index is 12.7. The van der Waals surface area contributed by atoms with Crippen molar-refractivity contribution >= 4 is 55.7 Å². The van der Waals surface area contributed by atoms with Crippen molar-refractivity contribution in [2.24, 2.45) is 0 Å². The predicted octanol–water partition coefficient (Wildman–Crippen LogP) is 3.37. The van der Waals surface area contributed by atoms with Crippen molar-refractivity contribution in [2.45, 2.75) is 19.5 Å². The number of hydrogen-bond donors (Lipinski definition) is 2. The highest BCUT2D eigenvalue weighted by Gasteiger charge is 2.25. The number of carbonyl (C=O) groups is 1. The number of piperazine rings is 1. The number of ether oxygens (including phenoxy) is 1. The first-order valence-corrected chi connectivity index (χ1v) is 13.0. The molecule has 0 spiro atoms. The largest absolute Gasteiger partial charge is 0.418 e. The van der Waals surface area contributed by atoms with Crippen LogP contribution in [0.4, 0.5) is 5.69 Å². The van der Waals surface area contributed by atoms with Crippen molar-refractivity contribution in [1.82, 2.24) is 35.1 Å². The minimum Gasteiger partial charge on any atom is -0.418 e. The van der Waals surface area contributed by atoms with E-state index in [1.807, 2.05) is 19.1 Å². The molecule has 10 nitrogen and oxygen atoms in total. The minimum atomic E-state index is -0.0710. The topological polar surface area (TPSA) is 108 Å². The fourth-order valence-electron chi connectivity index (χ4n) is 4.54. The van der Waals surface area contributed by atoms with Gasteiger partial charge in [0.1, 0.15) is 4.88 Å². The molecule has 5 heterocycles. The van der Waals surface area contributed by atoms with Crippen molar-refractivity contribution in [1.29, 1.82) is 0 Å². The zero-order valence-electron chi connectivity index (χ0n) is 19.9. The van der Waals surface area contributed by atoms with Gasteiger partial charge < -0.3 is 20.3 Å². The van der Waals surface area contributed by atoms with E-state index in [9.17, 15) is 4.79 Å². The Morgan fingerprint density at radius 1 is 1.17 bits per heavy atom. The summed E-state index contributed by atoms with van der Waals surface area (Å²) < 4.78 is 7.07. The van der Waals surface area contributed by atoms with Gasteiger partial charge in [0.05, 0.1) is 22.9 Å². The molecule has 186 valence electrons. The predicted molar refractivity (Wildman–Crippen MR) is 140 cm³/mol. The van der Waals surface area contributed by atoms with Gasteiger partial charge in [0.2, 0.25) is 17.0 Å². The number of halogens is 1. The summed E-state index contributed by atoms with van der Waals surface area (Å²) >= 11 is 7.55. The van der Waals surface area contributed by atoms with Crippen molar-refractivity contribution in [3.8, 4) is 11.8 Å². The molecule has 1 aromatic carbocycles. The summed E-state index contributed by atoms with van der Waals surface area (Å²) in [6.07, 6.45) is 3.29. The second kappa shape index (κ2) is 9.40. The Bertz CT molecular complexity index is 1470. The van der Waals surface area contributed by atoms with Crippen LogP contribution in [0.1, 0.15) is 22.2 Å². The molecule has 1 amide bonds. The first-order valence-electron chi connectivity index (χ1n) is 11.8. The average Bonchev–Trinajstić information content (AvgIpc) is 3.18. The molecule has 0 aliphatic carbocycles. The molecule has 1 fully saturated rings. The van der Waals surface area contributed by atoms with Gasteiger partial charge in [-0.05, 0) is 37.7 Å². The first-order chi connectivity index (χ1) is 17.4. The van der Waals surface area contributed by atoms with Gasteiger partial charge in [0, 0.05) is 67.2 Å². The molecular formula is C24H25ClN8O2S. The number of thiophene rings is 1. The number of aromatic nitrogens is 4. The molecule has 12 heteroatoms. The number of carbonyl (C=O) groups excluding carboxylic acids is 1. The average molecular weight is 525 g/mol. The number of fused-ring (bicyclic) bond motifs is 5. The fourth-order valence-corrected chi connectivity index (χ4v) is 5.75. The number of amides is 1. The Kier molecular flexibility index (Phi) is 6.08. The van der Waals surface area contributed by atoms with E-state index in [1.54, 1.807) is 12.4 Å². The zero-order chi connectivity index (χ0) is 24.8. The van der Waals surface area contributed by atoms with Crippen LogP contribution in [0.3, 0.4) is 0 Å². The van der Waals surface area contributed by atoms with E-state index >= 15 is 0 Å². The lowest BCUT2D eigenvalue weighted by molar-refractivity contribution is 0.0949. The number of likely N-dealkylation sites (N-methyl/N-ethyl adjacent to an activating group) is 1. The van der Waals surface area contributed by atoms with Crippen LogP contribution in [0, 0.1) is 0 Å². The molecule has 0 saturated carbocycles. The first kappa shape index (κ1) is 23.3. The Balaban J connectivity index is 1.33. The van der Waals surface area contributed by atoms with Gasteiger partial charge in [-0.1, -0.05) is 0 Å². The summed E-state index contributed by atoms with van der Waals surface area (Å²) in [5.41, 5.74) is 3.03. The summed E-state index contributed by atoms with van der Waals surface area (Å²) in [4.78, 5) is 35.9. The van der Waals surface area contributed by atoms with Crippen LogP contribution in [-0.2, 0) is 6.54 Å². The van der Waals surface area contributed by atoms with Crippen LogP contribution >= 0.6 is 22.9 Å². The summed E-state index contributed by atoms with van der Waals surface area (Å²) in [5.74, 6) is 0.621. The maximum Gasteiger partial charge on any atom is 0.263 e. The van der Waals surface area contributed by atoms with Crippen molar-refractivity contribution < 1.29 is 9.53 Å². The quantitative estimate of drug-likeness (QED) is 0.388. The minimum absolute atomic E-state index is 0.0351. The summed E-state index contributed by atoms with van der Waals surface area (Å²) in [6, 6.07) is 3.90. The molecule has 1 unspecified atom stereocenters. The molecule has 1 saturated heterocycles. The number of anilines is 1. The molecule has 36 heavy (non-hydrogen) atoms. The van der Waals surface area contributed by atoms with E-state index in [1.165, 1.54) is 11.3 Å². The third-order valence-corrected chi connectivity index (χ3v) is 7.83. The molecule has 3 aromatic heterocycles. The highest BCUT2D eigenvalue weighted by atomic mass is 35.5. The molecule has 4 aromatic rings. The van der Waals surface area contributed by atoms with Crippen LogP contribution in [0.15, 0.2) is 24.5 Å². The number of nitrogens with zero attached hydrogens (tertiary/aromatic N) is 6. The highest BCUT2D eigenvalue weighted by molar-refractivity contribution is 7.21. The lowest BCUT2D eigenvalue weighted by atomic mass is 10.1. The standard InChI is InChI=1S/C24H25ClN8O2S/c1-13-9-26-20-18-16(36-21(20)22(34)29-13)4-3-15-19(18)27-11-17(30-15)35-23-14(10-28-24(25)31-23)12-33-7-5-32(2)6-8-33/h3-4,10-11,13,26H,5-9,12H2,1-2H3,(H,29,34). The normalized spacial score (nSPS) is 19.1. The van der Waals surface area contributed by atoms with Gasteiger partial charge in [-0.2, -0.15) is 4.98 Å². The van der Waals surface area contributed by atoms with Crippen molar-refractivity contribution in [2.75, 3.05) is 45.1 Å². The second-order valence-electron chi connectivity index (χ2n) is 9.23. The van der Waals surface area contributed by atoms with E-state index in [0.29, 0.717) is 40.8 Å². The third kappa shape index (κ3) is 4.43. The van der Waals surface area contributed by atoms with Crippen LogP contribution in [0.5, 0.6) is 11.8 Å². The van der Waals surface area contributed by atoms with Crippen LogP contribution in [-0.4, -0.2) is 81.5 Å². The van der Waals surface area contributed by atoms with E-state index in [4.69, 9.17) is 26.3 Å². The smallest absolute Gasteiger partial charge is 0.263 e. The van der Waals surface area contributed by atoms with E-state index in [0.717, 1.165) is 47.5 Å². The molecule has 2 N–H and O–H groups in total. The molecule has 0 radical (unpaired) electrons. The zero-order valence-corrected chi connectivity index (χ0v) is 21.5. The second-order valence-corrected chi connectivity index (χ2v) is 10.6. The lowest BCUT2D eigenvalue weighted by Crippen LogP contribution is -2.43. The molecule has 0 bridgehead atoms. The molecule has 2 aliphatic rings. The summed E-state index contributed by atoms with van der Waals surface area (Å²) in [5, 5.41) is 7.44. The number of nitrogens with one attached hydrogen (secondary N) is 2. The van der Waals surface area contributed by atoms with Gasteiger partial charge >= 0.3 is 0 Å². The van der Waals surface area contributed by atoms with Gasteiger partial charge in [0.25, 0.3) is 5.91 Å². The Morgan fingerprint density at radius 2 is 2.00 bits per heavy atom. The number of rotatable bonds is 4. The van der Waals surface area contributed by atoms with Crippen LogP contribution in [0.2, 0.25) is 5.28 Å². The molecule has 1 atom stereocenters. The van der Waals surface area contributed by atoms with Crippen LogP contribution < -0.4 is 15.4 Å². The molecule has 2 aliphatic heterocycles. The molecule has 6 rings (SSSR count). The van der Waals surface area contributed by atoms with Gasteiger partial charge in [-0.15, -0.1) is 11.3 Å². The van der Waals surface area contributed by atoms with Crippen molar-refractivity contribution in [3.63, 3.8) is 0 Å². The molecular weight excluding hydrogens is 500 g/mol. The Morgan fingerprint density at radius 3 is 2.83 bits per heavy atom. The number of benzene rings is 1. The van der Waals surface area contributed by atoms with Gasteiger partial charge in [-0.3, -0.25) is 9.69 Å². The van der Waals surface area contributed by atoms with Crippen molar-refractivity contribution in [3.05, 3.63) is 40.3 Å². The van der Waals surface area contributed by atoms with E-state index in [-0.39, 0.29) is 17.2 Å². The van der Waals surface area contributed by atoms with E-state index in [2.05, 4.69) is 37.4 Å². The van der Waals surface area contributed by atoms with Crippen LogP contribution in [0.25, 0.3) is 21.1 Å². The Hall–Kier alpha value is -3.12. The van der Waals surface area contributed by atoms with Gasteiger partial charge in [-0.25, -0.2) is 15.0 Å². The Labute approximate surface area is 216 Å².